The molecule has 112 valence electrons. The minimum Gasteiger partial charge on any atom is -0.361 e. The van der Waals surface area contributed by atoms with Gasteiger partial charge in [0.25, 0.3) is 5.91 Å². The highest BCUT2D eigenvalue weighted by Crippen LogP contribution is 2.17. The summed E-state index contributed by atoms with van der Waals surface area (Å²) in [6.07, 6.45) is 2.93. The van der Waals surface area contributed by atoms with Gasteiger partial charge < -0.3 is 14.3 Å². The molecule has 0 spiro atoms. The fourth-order valence-electron chi connectivity index (χ4n) is 2.81. The summed E-state index contributed by atoms with van der Waals surface area (Å²) in [4.78, 5) is 17.1. The average molecular weight is 279 g/mol. The summed E-state index contributed by atoms with van der Waals surface area (Å²) >= 11 is 0. The minimum absolute atomic E-state index is 0.0824. The molecule has 5 nitrogen and oxygen atoms in total. The molecule has 0 unspecified atom stereocenters. The number of hydrogen-bond donors (Lipinski definition) is 0. The van der Waals surface area contributed by atoms with Crippen LogP contribution in [-0.2, 0) is 6.42 Å². The highest BCUT2D eigenvalue weighted by atomic mass is 16.5. The summed E-state index contributed by atoms with van der Waals surface area (Å²) in [5.41, 5.74) is 1.46. The Labute approximate surface area is 120 Å². The van der Waals surface area contributed by atoms with E-state index in [0.29, 0.717) is 11.3 Å². The van der Waals surface area contributed by atoms with Gasteiger partial charge in [-0.1, -0.05) is 19.0 Å². The number of hydrogen-bond acceptors (Lipinski definition) is 4. The van der Waals surface area contributed by atoms with Crippen molar-refractivity contribution in [3.63, 3.8) is 0 Å². The Morgan fingerprint density at radius 3 is 2.75 bits per heavy atom. The molecule has 1 aromatic heterocycles. The zero-order valence-corrected chi connectivity index (χ0v) is 12.8. The van der Waals surface area contributed by atoms with E-state index in [2.05, 4.69) is 17.0 Å². The monoisotopic (exact) mass is 279 g/mol. The van der Waals surface area contributed by atoms with E-state index < -0.39 is 0 Å². The summed E-state index contributed by atoms with van der Waals surface area (Å²) in [7, 11) is 0. The fourth-order valence-corrected chi connectivity index (χ4v) is 2.81. The molecular weight excluding hydrogens is 254 g/mol. The van der Waals surface area contributed by atoms with E-state index >= 15 is 0 Å². The summed E-state index contributed by atoms with van der Waals surface area (Å²) in [6, 6.07) is 0. The fraction of sp³-hybridized carbons (Fsp3) is 0.733. The van der Waals surface area contributed by atoms with Crippen LogP contribution in [0.5, 0.6) is 0 Å². The molecule has 1 fully saturated rings. The van der Waals surface area contributed by atoms with Gasteiger partial charge in [-0.3, -0.25) is 4.79 Å². The van der Waals surface area contributed by atoms with Gasteiger partial charge in [-0.2, -0.15) is 0 Å². The molecular formula is C15H25N3O2. The van der Waals surface area contributed by atoms with E-state index in [4.69, 9.17) is 4.52 Å². The van der Waals surface area contributed by atoms with E-state index in [1.807, 2.05) is 18.7 Å². The molecule has 1 amide bonds. The maximum atomic E-state index is 12.7. The zero-order valence-electron chi connectivity index (χ0n) is 12.8. The van der Waals surface area contributed by atoms with Gasteiger partial charge >= 0.3 is 0 Å². The van der Waals surface area contributed by atoms with Crippen LogP contribution in [0.2, 0.25) is 0 Å². The van der Waals surface area contributed by atoms with Crippen LogP contribution in [0.3, 0.4) is 0 Å². The second-order valence-corrected chi connectivity index (χ2v) is 5.40. The second kappa shape index (κ2) is 6.88. The third kappa shape index (κ3) is 3.20. The summed E-state index contributed by atoms with van der Waals surface area (Å²) in [5.74, 6) is 0.723. The molecule has 0 aromatic carbocycles. The van der Waals surface area contributed by atoms with Crippen LogP contribution in [-0.4, -0.2) is 53.6 Å². The number of rotatable bonds is 4. The molecule has 20 heavy (non-hydrogen) atoms. The molecule has 1 aliphatic rings. The smallest absolute Gasteiger partial charge is 0.259 e. The molecule has 2 rings (SSSR count). The van der Waals surface area contributed by atoms with Crippen molar-refractivity contribution in [2.24, 2.45) is 0 Å². The van der Waals surface area contributed by atoms with Crippen LogP contribution in [0.25, 0.3) is 0 Å². The average Bonchev–Trinajstić information content (AvgIpc) is 2.67. The topological polar surface area (TPSA) is 49.6 Å². The van der Waals surface area contributed by atoms with Crippen molar-refractivity contribution < 1.29 is 9.32 Å². The van der Waals surface area contributed by atoms with Crippen molar-refractivity contribution in [3.05, 3.63) is 17.0 Å². The molecule has 0 atom stereocenters. The standard InChI is InChI=1S/C15H25N3O2/c1-4-7-17-8-6-9-18(11-10-17)15(19)14-12(3)20-16-13(14)5-2/h4-11H2,1-3H3. The van der Waals surface area contributed by atoms with Crippen molar-refractivity contribution in [2.75, 3.05) is 32.7 Å². The first-order valence-corrected chi connectivity index (χ1v) is 7.64. The molecule has 1 aliphatic heterocycles. The Balaban J connectivity index is 2.07. The van der Waals surface area contributed by atoms with Crippen LogP contribution < -0.4 is 0 Å². The predicted octanol–water partition coefficient (Wildman–Crippen LogP) is 2.10. The number of amides is 1. The molecule has 5 heteroatoms. The van der Waals surface area contributed by atoms with Crippen LogP contribution >= 0.6 is 0 Å². The predicted molar refractivity (Wildman–Crippen MR) is 77.9 cm³/mol. The molecule has 0 saturated carbocycles. The van der Waals surface area contributed by atoms with Crippen LogP contribution in [0.15, 0.2) is 4.52 Å². The lowest BCUT2D eigenvalue weighted by molar-refractivity contribution is 0.0759. The van der Waals surface area contributed by atoms with Crippen molar-refractivity contribution >= 4 is 5.91 Å². The normalized spacial score (nSPS) is 17.2. The van der Waals surface area contributed by atoms with Crippen LogP contribution in [0, 0.1) is 6.92 Å². The first-order chi connectivity index (χ1) is 9.67. The molecule has 0 N–H and O–H groups in total. The van der Waals surface area contributed by atoms with E-state index in [9.17, 15) is 4.79 Å². The SMILES string of the molecule is CCCN1CCCN(C(=O)c2c(CC)noc2C)CC1. The molecule has 0 bridgehead atoms. The lowest BCUT2D eigenvalue weighted by Crippen LogP contribution is -2.36. The van der Waals surface area contributed by atoms with E-state index in [0.717, 1.165) is 51.3 Å². The van der Waals surface area contributed by atoms with Gasteiger partial charge in [0.05, 0.1) is 5.69 Å². The quantitative estimate of drug-likeness (QED) is 0.847. The maximum absolute atomic E-state index is 12.7. The Morgan fingerprint density at radius 1 is 1.25 bits per heavy atom. The third-order valence-electron chi connectivity index (χ3n) is 3.90. The lowest BCUT2D eigenvalue weighted by Gasteiger charge is -2.21. The van der Waals surface area contributed by atoms with Crippen molar-refractivity contribution in [2.45, 2.75) is 40.0 Å². The zero-order chi connectivity index (χ0) is 14.5. The van der Waals surface area contributed by atoms with Gasteiger partial charge in [-0.05, 0) is 39.3 Å². The number of nitrogens with zero attached hydrogens (tertiary/aromatic N) is 3. The van der Waals surface area contributed by atoms with E-state index in [-0.39, 0.29) is 5.91 Å². The van der Waals surface area contributed by atoms with Gasteiger partial charge in [-0.15, -0.1) is 0 Å². The molecule has 1 aromatic rings. The molecule has 0 radical (unpaired) electrons. The van der Waals surface area contributed by atoms with Gasteiger partial charge in [0, 0.05) is 19.6 Å². The van der Waals surface area contributed by atoms with Crippen LogP contribution in [0.1, 0.15) is 48.5 Å². The molecule has 1 saturated heterocycles. The van der Waals surface area contributed by atoms with Gasteiger partial charge in [0.15, 0.2) is 0 Å². The van der Waals surface area contributed by atoms with Gasteiger partial charge in [-0.25, -0.2) is 0 Å². The number of aryl methyl sites for hydroxylation is 2. The number of carbonyl (C=O) groups is 1. The highest BCUT2D eigenvalue weighted by molar-refractivity contribution is 5.96. The Bertz CT molecular complexity index is 456. The second-order valence-electron chi connectivity index (χ2n) is 5.40. The third-order valence-corrected chi connectivity index (χ3v) is 3.90. The Morgan fingerprint density at radius 2 is 2.05 bits per heavy atom. The van der Waals surface area contributed by atoms with Gasteiger partial charge in [0.2, 0.25) is 0 Å². The Hall–Kier alpha value is -1.36. The van der Waals surface area contributed by atoms with E-state index in [1.54, 1.807) is 0 Å². The maximum Gasteiger partial charge on any atom is 0.259 e. The van der Waals surface area contributed by atoms with Crippen molar-refractivity contribution in [1.82, 2.24) is 15.0 Å². The summed E-state index contributed by atoms with van der Waals surface area (Å²) in [5, 5.41) is 3.99. The highest BCUT2D eigenvalue weighted by Gasteiger charge is 2.25. The van der Waals surface area contributed by atoms with Crippen LogP contribution in [0.4, 0.5) is 0 Å². The van der Waals surface area contributed by atoms with E-state index in [1.165, 1.54) is 6.42 Å². The van der Waals surface area contributed by atoms with Crippen molar-refractivity contribution in [1.29, 1.82) is 0 Å². The largest absolute Gasteiger partial charge is 0.361 e. The summed E-state index contributed by atoms with van der Waals surface area (Å²) < 4.78 is 5.18. The minimum atomic E-state index is 0.0824. The first-order valence-electron chi connectivity index (χ1n) is 7.64. The molecule has 0 aliphatic carbocycles. The first kappa shape index (κ1) is 15.0. The number of carbonyl (C=O) groups excluding carboxylic acids is 1. The van der Waals surface area contributed by atoms with Gasteiger partial charge in [0.1, 0.15) is 11.3 Å². The Kier molecular flexibility index (Phi) is 5.17. The molecule has 2 heterocycles. The lowest BCUT2D eigenvalue weighted by atomic mass is 10.1. The number of aromatic nitrogens is 1. The summed E-state index contributed by atoms with van der Waals surface area (Å²) in [6.45, 7) is 10.8. The van der Waals surface area contributed by atoms with Crippen molar-refractivity contribution in [3.8, 4) is 0 Å².